The van der Waals surface area contributed by atoms with Crippen LogP contribution in [0.1, 0.15) is 34.6 Å². The molecule has 1 saturated heterocycles. The van der Waals surface area contributed by atoms with Crippen molar-refractivity contribution in [1.29, 1.82) is 0 Å². The van der Waals surface area contributed by atoms with Gasteiger partial charge in [-0.15, -0.1) is 11.3 Å². The molecule has 5 rings (SSSR count). The minimum atomic E-state index is -3.71. The number of anilines is 1. The monoisotopic (exact) mass is 554 g/mol. The molecule has 2 unspecified atom stereocenters. The summed E-state index contributed by atoms with van der Waals surface area (Å²) in [6.07, 6.45) is 1.25. The number of nitrogens with zero attached hydrogens (tertiary/aromatic N) is 4. The van der Waals surface area contributed by atoms with Crippen molar-refractivity contribution >= 4 is 60.2 Å². The lowest BCUT2D eigenvalue weighted by molar-refractivity contribution is -0.0440. The molecule has 0 radical (unpaired) electrons. The van der Waals surface area contributed by atoms with Crippen molar-refractivity contribution in [2.45, 2.75) is 37.9 Å². The third-order valence-corrected chi connectivity index (χ3v) is 9.52. The van der Waals surface area contributed by atoms with Crippen LogP contribution < -0.4 is 5.01 Å². The van der Waals surface area contributed by atoms with E-state index in [1.165, 1.54) is 56.3 Å². The summed E-state index contributed by atoms with van der Waals surface area (Å²) < 4.78 is 34.5. The van der Waals surface area contributed by atoms with Crippen molar-refractivity contribution in [3.63, 3.8) is 0 Å². The van der Waals surface area contributed by atoms with Gasteiger partial charge in [-0.05, 0) is 74.2 Å². The molecule has 0 aliphatic carbocycles. The predicted octanol–water partition coefficient (Wildman–Crippen LogP) is 5.15. The quantitative estimate of drug-likeness (QED) is 0.243. The Labute approximate surface area is 223 Å². The Morgan fingerprint density at radius 2 is 1.86 bits per heavy atom. The Kier molecular flexibility index (Phi) is 7.24. The van der Waals surface area contributed by atoms with E-state index in [0.717, 1.165) is 20.7 Å². The number of aromatic nitrogens is 1. The molecule has 1 aliphatic rings. The number of amides is 1. The summed E-state index contributed by atoms with van der Waals surface area (Å²) in [6.45, 7) is 6.29. The molecule has 1 fully saturated rings. The number of fused-ring (bicyclic) bond motifs is 1. The van der Waals surface area contributed by atoms with E-state index in [-0.39, 0.29) is 30.2 Å². The zero-order valence-corrected chi connectivity index (χ0v) is 23.0. The maximum absolute atomic E-state index is 13.6. The van der Waals surface area contributed by atoms with E-state index in [2.05, 4.69) is 10.1 Å². The van der Waals surface area contributed by atoms with E-state index in [9.17, 15) is 13.2 Å². The number of thiophene rings is 1. The molecule has 37 heavy (non-hydrogen) atoms. The number of hydrazone groups is 1. The van der Waals surface area contributed by atoms with Crippen LogP contribution in [0.4, 0.5) is 5.13 Å². The first-order valence-electron chi connectivity index (χ1n) is 11.8. The van der Waals surface area contributed by atoms with Gasteiger partial charge < -0.3 is 4.74 Å². The molecule has 2 aromatic heterocycles. The molecule has 1 amide bonds. The number of sulfonamides is 1. The number of carbonyl (C=O) groups is 1. The first-order chi connectivity index (χ1) is 17.7. The van der Waals surface area contributed by atoms with Crippen LogP contribution in [-0.2, 0) is 14.8 Å². The number of ether oxygens (including phenoxy) is 1. The van der Waals surface area contributed by atoms with Gasteiger partial charge >= 0.3 is 0 Å². The molecule has 0 spiro atoms. The van der Waals surface area contributed by atoms with Gasteiger partial charge in [-0.3, -0.25) is 4.79 Å². The van der Waals surface area contributed by atoms with Crippen molar-refractivity contribution < 1.29 is 17.9 Å². The smallest absolute Gasteiger partial charge is 0.280 e. The zero-order valence-electron chi connectivity index (χ0n) is 20.6. The van der Waals surface area contributed by atoms with Crippen molar-refractivity contribution in [2.75, 3.05) is 18.1 Å². The summed E-state index contributed by atoms with van der Waals surface area (Å²) in [7, 11) is -3.71. The van der Waals surface area contributed by atoms with Gasteiger partial charge in [0, 0.05) is 23.5 Å². The van der Waals surface area contributed by atoms with Gasteiger partial charge in [-0.25, -0.2) is 13.4 Å². The topological polar surface area (TPSA) is 92.2 Å². The summed E-state index contributed by atoms with van der Waals surface area (Å²) in [5, 5.41) is 8.11. The maximum atomic E-state index is 13.6. The number of hydrogen-bond donors (Lipinski definition) is 0. The fraction of sp³-hybridized carbons (Fsp3) is 0.269. The van der Waals surface area contributed by atoms with E-state index in [1.807, 2.05) is 56.5 Å². The van der Waals surface area contributed by atoms with E-state index in [4.69, 9.17) is 4.74 Å². The highest BCUT2D eigenvalue weighted by atomic mass is 32.2. The van der Waals surface area contributed by atoms with Crippen LogP contribution in [0.25, 0.3) is 10.2 Å². The summed E-state index contributed by atoms with van der Waals surface area (Å²) in [5.74, 6) is -0.402. The van der Waals surface area contributed by atoms with Gasteiger partial charge in [-0.2, -0.15) is 14.4 Å². The first-order valence-corrected chi connectivity index (χ1v) is 14.9. The number of aryl methyl sites for hydroxylation is 1. The van der Waals surface area contributed by atoms with Crippen molar-refractivity contribution in [3.8, 4) is 0 Å². The Morgan fingerprint density at radius 1 is 1.14 bits per heavy atom. The van der Waals surface area contributed by atoms with Gasteiger partial charge in [0.05, 0.1) is 33.5 Å². The number of rotatable bonds is 6. The highest BCUT2D eigenvalue weighted by molar-refractivity contribution is 7.89. The largest absolute Gasteiger partial charge is 0.373 e. The lowest BCUT2D eigenvalue weighted by Gasteiger charge is -2.34. The van der Waals surface area contributed by atoms with Crippen molar-refractivity contribution in [3.05, 3.63) is 76.0 Å². The number of hydrogen-bond acceptors (Lipinski definition) is 8. The van der Waals surface area contributed by atoms with Crippen LogP contribution in [0.3, 0.4) is 0 Å². The summed E-state index contributed by atoms with van der Waals surface area (Å²) in [6, 6.07) is 15.7. The lowest BCUT2D eigenvalue weighted by atomic mass is 10.2. The minimum absolute atomic E-state index is 0.134. The molecular formula is C26H26N4O4S3. The number of morpholine rings is 1. The standard InChI is InChI=1S/C26H26N4O4S3/c1-17-6-11-23-24(13-17)36-26(28-23)30(27-14-21-5-4-12-35-21)25(31)20-7-9-22(10-8-20)37(32,33)29-15-18(2)34-19(3)16-29/h4-14,18-19H,15-16H2,1-3H3/b27-14+. The Bertz CT molecular complexity index is 1540. The molecule has 1 aliphatic heterocycles. The van der Waals surface area contributed by atoms with Gasteiger partial charge in [-0.1, -0.05) is 23.5 Å². The van der Waals surface area contributed by atoms with E-state index in [1.54, 1.807) is 6.21 Å². The second-order valence-corrected chi connectivity index (χ2v) is 12.9. The molecule has 0 N–H and O–H groups in total. The molecule has 0 saturated carbocycles. The van der Waals surface area contributed by atoms with Gasteiger partial charge in [0.2, 0.25) is 15.2 Å². The molecule has 8 nitrogen and oxygen atoms in total. The Hall–Kier alpha value is -2.96. The molecule has 2 atom stereocenters. The van der Waals surface area contributed by atoms with Crippen LogP contribution in [0.2, 0.25) is 0 Å². The molecular weight excluding hydrogens is 529 g/mol. The molecule has 3 heterocycles. The van der Waals surface area contributed by atoms with Crippen molar-refractivity contribution in [2.24, 2.45) is 5.10 Å². The van der Waals surface area contributed by atoms with Crippen molar-refractivity contribution in [1.82, 2.24) is 9.29 Å². The highest BCUT2D eigenvalue weighted by Crippen LogP contribution is 2.31. The fourth-order valence-corrected chi connectivity index (χ4v) is 7.34. The van der Waals surface area contributed by atoms with Gasteiger partial charge in [0.15, 0.2) is 0 Å². The summed E-state index contributed by atoms with van der Waals surface area (Å²) in [4.78, 5) is 19.3. The van der Waals surface area contributed by atoms with Crippen LogP contribution in [-0.4, -0.2) is 55.1 Å². The summed E-state index contributed by atoms with van der Waals surface area (Å²) >= 11 is 2.88. The minimum Gasteiger partial charge on any atom is -0.373 e. The number of carbonyl (C=O) groups excluding carboxylic acids is 1. The predicted molar refractivity (Wildman–Crippen MR) is 148 cm³/mol. The van der Waals surface area contributed by atoms with E-state index >= 15 is 0 Å². The van der Waals surface area contributed by atoms with E-state index in [0.29, 0.717) is 10.7 Å². The van der Waals surface area contributed by atoms with Crippen LogP contribution in [0.5, 0.6) is 0 Å². The Morgan fingerprint density at radius 3 is 2.54 bits per heavy atom. The normalized spacial score (nSPS) is 19.0. The average Bonchev–Trinajstić information content (AvgIpc) is 3.53. The first kappa shape index (κ1) is 25.7. The average molecular weight is 555 g/mol. The fourth-order valence-electron chi connectivity index (χ4n) is 4.15. The van der Waals surface area contributed by atoms with Gasteiger partial charge in [0.25, 0.3) is 5.91 Å². The van der Waals surface area contributed by atoms with E-state index < -0.39 is 15.9 Å². The second kappa shape index (κ2) is 10.4. The molecule has 11 heteroatoms. The van der Waals surface area contributed by atoms with Crippen LogP contribution in [0, 0.1) is 6.92 Å². The SMILES string of the molecule is Cc1ccc2nc(N(/N=C/c3cccs3)C(=O)c3ccc(S(=O)(=O)N4CC(C)OC(C)C4)cc3)sc2c1. The second-order valence-electron chi connectivity index (χ2n) is 8.95. The van der Waals surface area contributed by atoms with Crippen LogP contribution in [0.15, 0.2) is 70.0 Å². The Balaban J connectivity index is 1.45. The maximum Gasteiger partial charge on any atom is 0.280 e. The number of thiazole rings is 1. The highest BCUT2D eigenvalue weighted by Gasteiger charge is 2.32. The third-order valence-electron chi connectivity index (χ3n) is 5.87. The summed E-state index contributed by atoms with van der Waals surface area (Å²) in [5.41, 5.74) is 2.19. The zero-order chi connectivity index (χ0) is 26.2. The third kappa shape index (κ3) is 5.51. The number of benzene rings is 2. The molecule has 192 valence electrons. The molecule has 0 bridgehead atoms. The van der Waals surface area contributed by atoms with Gasteiger partial charge in [0.1, 0.15) is 0 Å². The van der Waals surface area contributed by atoms with Crippen LogP contribution >= 0.6 is 22.7 Å². The lowest BCUT2D eigenvalue weighted by Crippen LogP contribution is -2.48. The molecule has 2 aromatic carbocycles. The molecule has 4 aromatic rings.